The van der Waals surface area contributed by atoms with Crippen LogP contribution in [0.2, 0.25) is 0 Å². The summed E-state index contributed by atoms with van der Waals surface area (Å²) in [5.74, 6) is 0. The Labute approximate surface area is 125 Å². The van der Waals surface area contributed by atoms with Crippen LogP contribution in [-0.4, -0.2) is 70.4 Å². The molecule has 1 aliphatic rings. The van der Waals surface area contributed by atoms with Gasteiger partial charge in [-0.25, -0.2) is 9.78 Å². The van der Waals surface area contributed by atoms with Crippen molar-refractivity contribution in [2.45, 2.75) is 25.9 Å². The van der Waals surface area contributed by atoms with E-state index in [0.29, 0.717) is 6.42 Å². The van der Waals surface area contributed by atoms with Crippen LogP contribution in [0.3, 0.4) is 0 Å². The molecule has 7 heteroatoms. The Balaban J connectivity index is 1.91. The van der Waals surface area contributed by atoms with E-state index in [-0.39, 0.29) is 6.04 Å². The molecule has 1 aromatic heterocycles. The Morgan fingerprint density at radius 3 is 2.81 bits per heavy atom. The fraction of sp³-hybridized carbons (Fsp3) is 0.714. The highest BCUT2D eigenvalue weighted by atomic mass is 16.5. The number of amides is 1. The zero-order valence-corrected chi connectivity index (χ0v) is 12.7. The number of aromatic nitrogens is 2. The number of carboxylic acid groups (broad SMARTS) is 1. The largest absolute Gasteiger partial charge is 0.465 e. The third kappa shape index (κ3) is 4.18. The molecule has 0 aliphatic carbocycles. The summed E-state index contributed by atoms with van der Waals surface area (Å²) < 4.78 is 7.36. The number of hydrogen-bond donors (Lipinski definition) is 1. The lowest BCUT2D eigenvalue weighted by Crippen LogP contribution is -2.38. The number of imidazole rings is 1. The Morgan fingerprint density at radius 1 is 1.48 bits per heavy atom. The van der Waals surface area contributed by atoms with Crippen LogP contribution in [0.15, 0.2) is 12.5 Å². The molecule has 1 N–H and O–H groups in total. The number of ether oxygens (including phenoxy) is 1. The van der Waals surface area contributed by atoms with E-state index in [0.717, 1.165) is 45.1 Å². The third-order valence-electron chi connectivity index (χ3n) is 3.93. The van der Waals surface area contributed by atoms with Gasteiger partial charge in [-0.05, 0) is 6.42 Å². The van der Waals surface area contributed by atoms with Crippen molar-refractivity contribution < 1.29 is 14.6 Å². The molecule has 0 radical (unpaired) electrons. The van der Waals surface area contributed by atoms with Crippen LogP contribution < -0.4 is 0 Å². The van der Waals surface area contributed by atoms with Crippen LogP contribution in [0.25, 0.3) is 0 Å². The van der Waals surface area contributed by atoms with Gasteiger partial charge in [0.05, 0.1) is 31.3 Å². The Morgan fingerprint density at radius 2 is 2.19 bits per heavy atom. The number of carbonyl (C=O) groups is 1. The molecule has 1 aliphatic heterocycles. The molecule has 118 valence electrons. The van der Waals surface area contributed by atoms with Gasteiger partial charge in [-0.2, -0.15) is 0 Å². The molecule has 0 aromatic carbocycles. The molecule has 0 bridgehead atoms. The van der Waals surface area contributed by atoms with Gasteiger partial charge >= 0.3 is 6.09 Å². The average molecular weight is 296 g/mol. The van der Waals surface area contributed by atoms with Crippen molar-refractivity contribution in [2.24, 2.45) is 0 Å². The van der Waals surface area contributed by atoms with Gasteiger partial charge in [0.25, 0.3) is 0 Å². The van der Waals surface area contributed by atoms with Crippen molar-refractivity contribution in [1.29, 1.82) is 0 Å². The van der Waals surface area contributed by atoms with E-state index in [1.807, 2.05) is 17.7 Å². The summed E-state index contributed by atoms with van der Waals surface area (Å²) in [6.07, 6.45) is 3.52. The number of rotatable bonds is 6. The standard InChI is InChI=1S/C14H24N4O3/c1-3-13(16(2)14(19)20)12-10-18(11-15-12)5-4-17-6-8-21-9-7-17/h10-11,13H,3-9H2,1-2H3,(H,19,20). The first-order valence-electron chi connectivity index (χ1n) is 7.39. The topological polar surface area (TPSA) is 70.8 Å². The van der Waals surface area contributed by atoms with E-state index in [9.17, 15) is 4.79 Å². The van der Waals surface area contributed by atoms with Gasteiger partial charge in [-0.1, -0.05) is 6.92 Å². The van der Waals surface area contributed by atoms with Gasteiger partial charge < -0.3 is 19.3 Å². The molecular weight excluding hydrogens is 272 g/mol. The summed E-state index contributed by atoms with van der Waals surface area (Å²) in [5, 5.41) is 9.10. The van der Waals surface area contributed by atoms with Crippen molar-refractivity contribution in [3.63, 3.8) is 0 Å². The predicted octanol–water partition coefficient (Wildman–Crippen LogP) is 1.28. The van der Waals surface area contributed by atoms with Crippen LogP contribution in [0, 0.1) is 0 Å². The first kappa shape index (κ1) is 15.8. The molecule has 1 unspecified atom stereocenters. The zero-order valence-electron chi connectivity index (χ0n) is 12.7. The smallest absolute Gasteiger partial charge is 0.407 e. The minimum absolute atomic E-state index is 0.188. The molecule has 1 saturated heterocycles. The maximum absolute atomic E-state index is 11.1. The van der Waals surface area contributed by atoms with Crippen molar-refractivity contribution in [3.8, 4) is 0 Å². The fourth-order valence-electron chi connectivity index (χ4n) is 2.57. The maximum Gasteiger partial charge on any atom is 0.407 e. The molecule has 1 amide bonds. The summed E-state index contributed by atoms with van der Waals surface area (Å²) in [5.41, 5.74) is 0.810. The highest BCUT2D eigenvalue weighted by Crippen LogP contribution is 2.21. The monoisotopic (exact) mass is 296 g/mol. The second-order valence-electron chi connectivity index (χ2n) is 5.31. The van der Waals surface area contributed by atoms with Crippen molar-refractivity contribution >= 4 is 6.09 Å². The molecule has 2 heterocycles. The van der Waals surface area contributed by atoms with E-state index in [4.69, 9.17) is 9.84 Å². The Bertz CT molecular complexity index is 457. The van der Waals surface area contributed by atoms with Crippen LogP contribution in [0.5, 0.6) is 0 Å². The number of hydrogen-bond acceptors (Lipinski definition) is 4. The third-order valence-corrected chi connectivity index (χ3v) is 3.93. The lowest BCUT2D eigenvalue weighted by atomic mass is 10.1. The summed E-state index contributed by atoms with van der Waals surface area (Å²) in [6, 6.07) is -0.188. The second kappa shape index (κ2) is 7.42. The average Bonchev–Trinajstić information content (AvgIpc) is 2.95. The highest BCUT2D eigenvalue weighted by Gasteiger charge is 2.21. The van der Waals surface area contributed by atoms with Crippen LogP contribution >= 0.6 is 0 Å². The predicted molar refractivity (Wildman–Crippen MR) is 78.3 cm³/mol. The molecule has 0 spiro atoms. The lowest BCUT2D eigenvalue weighted by molar-refractivity contribution is 0.0364. The van der Waals surface area contributed by atoms with E-state index < -0.39 is 6.09 Å². The SMILES string of the molecule is CCC(c1cn(CCN2CCOCC2)cn1)N(C)C(=O)O. The molecule has 0 saturated carbocycles. The number of nitrogens with zero attached hydrogens (tertiary/aromatic N) is 4. The van der Waals surface area contributed by atoms with E-state index in [1.165, 1.54) is 4.90 Å². The van der Waals surface area contributed by atoms with Gasteiger partial charge in [0.15, 0.2) is 0 Å². The lowest BCUT2D eigenvalue weighted by Gasteiger charge is -2.26. The summed E-state index contributed by atoms with van der Waals surface area (Å²) in [6.45, 7) is 7.34. The summed E-state index contributed by atoms with van der Waals surface area (Å²) in [4.78, 5) is 19.1. The van der Waals surface area contributed by atoms with Crippen LogP contribution in [0.1, 0.15) is 25.1 Å². The second-order valence-corrected chi connectivity index (χ2v) is 5.31. The highest BCUT2D eigenvalue weighted by molar-refractivity contribution is 5.65. The van der Waals surface area contributed by atoms with Gasteiger partial charge in [0, 0.05) is 39.4 Å². The first-order chi connectivity index (χ1) is 10.1. The number of morpholine rings is 1. The van der Waals surface area contributed by atoms with Crippen LogP contribution in [0.4, 0.5) is 4.79 Å². The normalized spacial score (nSPS) is 17.6. The van der Waals surface area contributed by atoms with Crippen LogP contribution in [-0.2, 0) is 11.3 Å². The summed E-state index contributed by atoms with van der Waals surface area (Å²) in [7, 11) is 1.59. The van der Waals surface area contributed by atoms with Gasteiger partial charge in [-0.3, -0.25) is 4.90 Å². The summed E-state index contributed by atoms with van der Waals surface area (Å²) >= 11 is 0. The minimum Gasteiger partial charge on any atom is -0.465 e. The van der Waals surface area contributed by atoms with Crippen molar-refractivity contribution in [3.05, 3.63) is 18.2 Å². The Hall–Kier alpha value is -1.60. The van der Waals surface area contributed by atoms with Gasteiger partial charge in [-0.15, -0.1) is 0 Å². The van der Waals surface area contributed by atoms with Gasteiger partial charge in [0.1, 0.15) is 0 Å². The van der Waals surface area contributed by atoms with Crippen molar-refractivity contribution in [2.75, 3.05) is 39.9 Å². The minimum atomic E-state index is -0.926. The fourth-order valence-corrected chi connectivity index (χ4v) is 2.57. The van der Waals surface area contributed by atoms with Crippen molar-refractivity contribution in [1.82, 2.24) is 19.4 Å². The molecule has 21 heavy (non-hydrogen) atoms. The molecule has 1 fully saturated rings. The zero-order chi connectivity index (χ0) is 15.2. The van der Waals surface area contributed by atoms with Gasteiger partial charge in [0.2, 0.25) is 0 Å². The molecule has 1 aromatic rings. The molecule has 1 atom stereocenters. The Kier molecular flexibility index (Phi) is 5.58. The van der Waals surface area contributed by atoms with E-state index in [2.05, 4.69) is 9.88 Å². The maximum atomic E-state index is 11.1. The van der Waals surface area contributed by atoms with E-state index >= 15 is 0 Å². The van der Waals surface area contributed by atoms with E-state index in [1.54, 1.807) is 13.4 Å². The molecule has 7 nitrogen and oxygen atoms in total. The molecule has 2 rings (SSSR count). The quantitative estimate of drug-likeness (QED) is 0.856. The molecular formula is C14H24N4O3. The first-order valence-corrected chi connectivity index (χ1v) is 7.39.